The van der Waals surface area contributed by atoms with Crippen molar-refractivity contribution in [1.82, 2.24) is 10.6 Å². The molecule has 0 fully saturated rings. The molecule has 6 nitrogen and oxygen atoms in total. The van der Waals surface area contributed by atoms with Gasteiger partial charge in [-0.05, 0) is 11.8 Å². The van der Waals surface area contributed by atoms with E-state index < -0.39 is 12.2 Å². The largest absolute Gasteiger partial charge is 0.465 e. The van der Waals surface area contributed by atoms with Crippen LogP contribution in [0.25, 0.3) is 0 Å². The third kappa shape index (κ3) is 31.3. The molecular weight excluding hydrogens is 278 g/mol. The first kappa shape index (κ1) is 21.4. The molecule has 0 aliphatic rings. The topological polar surface area (TPSA) is 98.7 Å². The van der Waals surface area contributed by atoms with Crippen molar-refractivity contribution in [3.05, 3.63) is 0 Å². The molecule has 0 heterocycles. The van der Waals surface area contributed by atoms with Crippen molar-refractivity contribution >= 4 is 12.2 Å². The molecule has 7 heteroatoms. The average Bonchev–Trinajstić information content (AvgIpc) is 2.12. The smallest absolute Gasteiger partial charge is 0.404 e. The van der Waals surface area contributed by atoms with Crippen molar-refractivity contribution in [2.75, 3.05) is 13.1 Å². The van der Waals surface area contributed by atoms with Crippen LogP contribution < -0.4 is 10.6 Å². The molecule has 0 aliphatic heterocycles. The molecule has 0 atom stereocenters. The summed E-state index contributed by atoms with van der Waals surface area (Å²) in [7, 11) is 0. The number of hydrogen-bond acceptors (Lipinski definition) is 2. The first-order chi connectivity index (χ1) is 7.25. The van der Waals surface area contributed by atoms with E-state index in [-0.39, 0.29) is 19.5 Å². The van der Waals surface area contributed by atoms with E-state index in [4.69, 9.17) is 10.2 Å². The Balaban J connectivity index is -0.000000218. The maximum Gasteiger partial charge on any atom is 0.404 e. The first-order valence-corrected chi connectivity index (χ1v) is 5.19. The summed E-state index contributed by atoms with van der Waals surface area (Å²) in [5.41, 5.74) is 0. The SMILES string of the molecule is CC(C)CNC(=O)O.CC(C)CNC(=O)O.[Zn]. The summed E-state index contributed by atoms with van der Waals surface area (Å²) in [6, 6.07) is 0. The van der Waals surface area contributed by atoms with E-state index >= 15 is 0 Å². The molecule has 4 N–H and O–H groups in total. The van der Waals surface area contributed by atoms with Gasteiger partial charge in [0.1, 0.15) is 0 Å². The van der Waals surface area contributed by atoms with Crippen LogP contribution in [0.1, 0.15) is 27.7 Å². The van der Waals surface area contributed by atoms with Crippen molar-refractivity contribution in [1.29, 1.82) is 0 Å². The quantitative estimate of drug-likeness (QED) is 0.595. The van der Waals surface area contributed by atoms with Gasteiger partial charge in [0.25, 0.3) is 0 Å². The number of nitrogens with one attached hydrogen (secondary N) is 2. The monoisotopic (exact) mass is 298 g/mol. The molecule has 0 radical (unpaired) electrons. The zero-order valence-electron chi connectivity index (χ0n) is 11.0. The molecule has 0 spiro atoms. The fraction of sp³-hybridized carbons (Fsp3) is 0.800. The minimum atomic E-state index is -0.946. The Bertz CT molecular complexity index is 188. The molecule has 0 aromatic carbocycles. The second-order valence-corrected chi connectivity index (χ2v) is 4.16. The normalized spacial score (nSPS) is 8.82. The third-order valence-electron chi connectivity index (χ3n) is 1.32. The Hall–Kier alpha value is -0.837. The van der Waals surface area contributed by atoms with E-state index in [1.807, 2.05) is 27.7 Å². The molecule has 0 saturated heterocycles. The summed E-state index contributed by atoms with van der Waals surface area (Å²) in [5, 5.41) is 20.6. The number of hydrogen-bond donors (Lipinski definition) is 4. The Labute approximate surface area is 115 Å². The van der Waals surface area contributed by atoms with E-state index in [1.54, 1.807) is 0 Å². The van der Waals surface area contributed by atoms with Crippen LogP contribution in [0.5, 0.6) is 0 Å². The molecule has 0 aromatic heterocycles. The van der Waals surface area contributed by atoms with E-state index in [2.05, 4.69) is 10.6 Å². The van der Waals surface area contributed by atoms with Gasteiger partial charge in [-0.15, -0.1) is 0 Å². The van der Waals surface area contributed by atoms with Crippen molar-refractivity contribution in [3.63, 3.8) is 0 Å². The average molecular weight is 300 g/mol. The summed E-state index contributed by atoms with van der Waals surface area (Å²) < 4.78 is 0. The maximum atomic E-state index is 9.79. The zero-order valence-corrected chi connectivity index (χ0v) is 14.0. The summed E-state index contributed by atoms with van der Waals surface area (Å²) in [5.74, 6) is 0.789. The van der Waals surface area contributed by atoms with Crippen LogP contribution in [-0.2, 0) is 19.5 Å². The van der Waals surface area contributed by atoms with Crippen LogP contribution in [0.15, 0.2) is 0 Å². The van der Waals surface area contributed by atoms with E-state index in [9.17, 15) is 9.59 Å². The minimum absolute atomic E-state index is 0. The fourth-order valence-electron chi connectivity index (χ4n) is 0.583. The molecule has 0 rings (SSSR count). The molecule has 0 aromatic rings. The van der Waals surface area contributed by atoms with Gasteiger partial charge in [-0.1, -0.05) is 27.7 Å². The van der Waals surface area contributed by atoms with E-state index in [0.717, 1.165) is 0 Å². The molecule has 98 valence electrons. The van der Waals surface area contributed by atoms with Gasteiger partial charge in [0.2, 0.25) is 0 Å². The number of rotatable bonds is 4. The predicted octanol–water partition coefficient (Wildman–Crippen LogP) is 1.82. The van der Waals surface area contributed by atoms with Crippen LogP contribution in [-0.4, -0.2) is 35.5 Å². The minimum Gasteiger partial charge on any atom is -0.465 e. The Morgan fingerprint density at radius 2 is 1.12 bits per heavy atom. The predicted molar refractivity (Wildman–Crippen MR) is 61.7 cm³/mol. The molecule has 17 heavy (non-hydrogen) atoms. The van der Waals surface area contributed by atoms with Gasteiger partial charge in [-0.2, -0.15) is 0 Å². The second-order valence-electron chi connectivity index (χ2n) is 4.16. The molecular formula is C10H22N2O4Zn. The maximum absolute atomic E-state index is 9.79. The number of carboxylic acid groups (broad SMARTS) is 2. The third-order valence-corrected chi connectivity index (χ3v) is 1.32. The van der Waals surface area contributed by atoms with Crippen LogP contribution in [0.2, 0.25) is 0 Å². The van der Waals surface area contributed by atoms with Gasteiger partial charge in [0.05, 0.1) is 0 Å². The van der Waals surface area contributed by atoms with Gasteiger partial charge < -0.3 is 20.8 Å². The zero-order chi connectivity index (χ0) is 13.1. The second kappa shape index (κ2) is 13.2. The molecule has 2 amide bonds. The Morgan fingerprint density at radius 3 is 1.18 bits per heavy atom. The van der Waals surface area contributed by atoms with Crippen molar-refractivity contribution in [3.8, 4) is 0 Å². The van der Waals surface area contributed by atoms with Gasteiger partial charge in [0.15, 0.2) is 0 Å². The van der Waals surface area contributed by atoms with Gasteiger partial charge in [0, 0.05) is 32.6 Å². The molecule has 0 saturated carbocycles. The first-order valence-electron chi connectivity index (χ1n) is 5.19. The van der Waals surface area contributed by atoms with Crippen LogP contribution in [0.3, 0.4) is 0 Å². The Morgan fingerprint density at radius 1 is 0.882 bits per heavy atom. The van der Waals surface area contributed by atoms with Crippen molar-refractivity contribution < 1.29 is 39.3 Å². The van der Waals surface area contributed by atoms with Crippen LogP contribution >= 0.6 is 0 Å². The summed E-state index contributed by atoms with van der Waals surface area (Å²) >= 11 is 0. The molecule has 0 unspecified atom stereocenters. The van der Waals surface area contributed by atoms with Gasteiger partial charge in [-0.3, -0.25) is 0 Å². The fourth-order valence-corrected chi connectivity index (χ4v) is 0.583. The van der Waals surface area contributed by atoms with Crippen molar-refractivity contribution in [2.45, 2.75) is 27.7 Å². The van der Waals surface area contributed by atoms with Crippen LogP contribution in [0, 0.1) is 11.8 Å². The van der Waals surface area contributed by atoms with Crippen LogP contribution in [0.4, 0.5) is 9.59 Å². The summed E-state index contributed by atoms with van der Waals surface area (Å²) in [6.07, 6.45) is -1.89. The number of amides is 2. The molecule has 0 aliphatic carbocycles. The Kier molecular flexibility index (Phi) is 16.7. The van der Waals surface area contributed by atoms with E-state index in [0.29, 0.717) is 24.9 Å². The standard InChI is InChI=1S/2C5H11NO2.Zn/c2*1-4(2)3-6-5(7)8;/h2*4,6H,3H2,1-2H3,(H,7,8);. The van der Waals surface area contributed by atoms with E-state index in [1.165, 1.54) is 0 Å². The summed E-state index contributed by atoms with van der Waals surface area (Å²) in [4.78, 5) is 19.6. The molecule has 0 bridgehead atoms. The summed E-state index contributed by atoms with van der Waals surface area (Å²) in [6.45, 7) is 8.89. The van der Waals surface area contributed by atoms with Crippen molar-refractivity contribution in [2.24, 2.45) is 11.8 Å². The van der Waals surface area contributed by atoms with Gasteiger partial charge in [-0.25, -0.2) is 9.59 Å². The van der Waals surface area contributed by atoms with Gasteiger partial charge >= 0.3 is 12.2 Å². The number of carbonyl (C=O) groups is 2.